The van der Waals surface area contributed by atoms with Gasteiger partial charge in [-0.25, -0.2) is 9.37 Å². The first-order valence-electron chi connectivity index (χ1n) is 11.4. The first-order chi connectivity index (χ1) is 17.6. The van der Waals surface area contributed by atoms with E-state index in [2.05, 4.69) is 25.9 Å². The maximum Gasteiger partial charge on any atom is 0.257 e. The van der Waals surface area contributed by atoms with Crippen molar-refractivity contribution in [3.05, 3.63) is 80.1 Å². The predicted molar refractivity (Wildman–Crippen MR) is 141 cm³/mol. The summed E-state index contributed by atoms with van der Waals surface area (Å²) in [5.74, 6) is -0.214. The van der Waals surface area contributed by atoms with E-state index in [0.717, 1.165) is 5.69 Å². The lowest BCUT2D eigenvalue weighted by molar-refractivity contribution is 0.0991. The van der Waals surface area contributed by atoms with Gasteiger partial charge in [0.25, 0.3) is 5.88 Å². The number of benzene rings is 1. The highest BCUT2D eigenvalue weighted by molar-refractivity contribution is 9.10. The molecule has 10 heteroatoms. The number of aromatic nitrogens is 3. The summed E-state index contributed by atoms with van der Waals surface area (Å²) in [5, 5.41) is 0. The summed E-state index contributed by atoms with van der Waals surface area (Å²) >= 11 is 3.30. The van der Waals surface area contributed by atoms with Gasteiger partial charge in [-0.3, -0.25) is 14.6 Å². The van der Waals surface area contributed by atoms with Crippen molar-refractivity contribution >= 4 is 32.7 Å². The van der Waals surface area contributed by atoms with Gasteiger partial charge in [-0.05, 0) is 54.4 Å². The zero-order valence-electron chi connectivity index (χ0n) is 21.0. The number of nitrogens with zero attached hydrogens (tertiary/aromatic N) is 3. The highest BCUT2D eigenvalue weighted by atomic mass is 79.9. The van der Waals surface area contributed by atoms with E-state index in [4.69, 9.17) is 14.2 Å². The van der Waals surface area contributed by atoms with Crippen molar-refractivity contribution in [2.45, 2.75) is 33.2 Å². The first kappa shape index (κ1) is 26.3. The maximum atomic E-state index is 15.0. The third kappa shape index (κ3) is 5.20. The lowest BCUT2D eigenvalue weighted by Gasteiger charge is -2.17. The minimum Gasteiger partial charge on any atom is -0.491 e. The van der Waals surface area contributed by atoms with Gasteiger partial charge in [-0.15, -0.1) is 0 Å². The molecule has 0 fully saturated rings. The van der Waals surface area contributed by atoms with Crippen LogP contribution in [0.4, 0.5) is 4.39 Å². The van der Waals surface area contributed by atoms with E-state index >= 15 is 4.39 Å². The van der Waals surface area contributed by atoms with Gasteiger partial charge in [-0.1, -0.05) is 6.07 Å². The van der Waals surface area contributed by atoms with Gasteiger partial charge in [0.2, 0.25) is 5.43 Å². The molecular formula is C27H25BrFN3O5. The fraction of sp³-hybridized carbons (Fsp3) is 0.259. The molecule has 4 aromatic rings. The maximum absolute atomic E-state index is 15.0. The van der Waals surface area contributed by atoms with Crippen molar-refractivity contribution in [1.82, 2.24) is 14.5 Å². The SMILES string of the molecule is COc1cc2nccc(Oc3ccc(CC(=O)c4cn(C(C)C)c(C)c(Br)c4=O)cc3F)c2nc1OC. The third-order valence-electron chi connectivity index (χ3n) is 5.88. The number of hydrogen-bond acceptors (Lipinski definition) is 7. The van der Waals surface area contributed by atoms with E-state index in [9.17, 15) is 9.59 Å². The molecule has 0 saturated carbocycles. The van der Waals surface area contributed by atoms with Crippen LogP contribution in [0.25, 0.3) is 11.0 Å². The van der Waals surface area contributed by atoms with Gasteiger partial charge < -0.3 is 18.8 Å². The van der Waals surface area contributed by atoms with E-state index in [1.807, 2.05) is 25.3 Å². The Bertz CT molecular complexity index is 1570. The monoisotopic (exact) mass is 569 g/mol. The summed E-state index contributed by atoms with van der Waals surface area (Å²) in [6, 6.07) is 7.50. The largest absolute Gasteiger partial charge is 0.491 e. The number of hydrogen-bond donors (Lipinski definition) is 0. The molecule has 0 amide bonds. The van der Waals surface area contributed by atoms with Crippen molar-refractivity contribution in [2.24, 2.45) is 0 Å². The number of carbonyl (C=O) groups excluding carboxylic acids is 1. The van der Waals surface area contributed by atoms with E-state index in [-0.39, 0.29) is 40.8 Å². The summed E-state index contributed by atoms with van der Waals surface area (Å²) in [6.45, 7) is 5.72. The Kier molecular flexibility index (Phi) is 7.58. The van der Waals surface area contributed by atoms with Crippen LogP contribution in [0.15, 0.2) is 52.0 Å². The molecule has 192 valence electrons. The van der Waals surface area contributed by atoms with Gasteiger partial charge in [0.15, 0.2) is 28.8 Å². The number of ketones is 1. The van der Waals surface area contributed by atoms with E-state index in [0.29, 0.717) is 26.8 Å². The smallest absolute Gasteiger partial charge is 0.257 e. The molecule has 0 spiro atoms. The summed E-state index contributed by atoms with van der Waals surface area (Å²) in [6.07, 6.45) is 2.94. The van der Waals surface area contributed by atoms with Crippen LogP contribution in [0.1, 0.15) is 41.5 Å². The fourth-order valence-corrected chi connectivity index (χ4v) is 4.37. The Morgan fingerprint density at radius 1 is 1.11 bits per heavy atom. The van der Waals surface area contributed by atoms with Gasteiger partial charge in [0.1, 0.15) is 5.52 Å². The van der Waals surface area contributed by atoms with Crippen LogP contribution >= 0.6 is 15.9 Å². The van der Waals surface area contributed by atoms with Crippen molar-refractivity contribution in [2.75, 3.05) is 14.2 Å². The molecule has 0 unspecified atom stereocenters. The second-order valence-corrected chi connectivity index (χ2v) is 9.41. The number of halogens is 2. The molecule has 3 heterocycles. The predicted octanol–water partition coefficient (Wildman–Crippen LogP) is 5.82. The van der Waals surface area contributed by atoms with Crippen molar-refractivity contribution in [3.8, 4) is 23.1 Å². The zero-order chi connectivity index (χ0) is 26.9. The van der Waals surface area contributed by atoms with E-state index in [1.165, 1.54) is 32.5 Å². The number of methoxy groups -OCH3 is 2. The van der Waals surface area contributed by atoms with Gasteiger partial charge >= 0.3 is 0 Å². The summed E-state index contributed by atoms with van der Waals surface area (Å²) < 4.78 is 33.5. The van der Waals surface area contributed by atoms with Crippen LogP contribution in [-0.4, -0.2) is 34.5 Å². The minimum atomic E-state index is -0.666. The second kappa shape index (κ2) is 10.7. The molecule has 0 saturated heterocycles. The van der Waals surface area contributed by atoms with E-state index in [1.54, 1.807) is 24.4 Å². The molecule has 0 bridgehead atoms. The molecule has 8 nitrogen and oxygen atoms in total. The lowest BCUT2D eigenvalue weighted by atomic mass is 10.0. The number of fused-ring (bicyclic) bond motifs is 1. The van der Waals surface area contributed by atoms with Crippen molar-refractivity contribution in [1.29, 1.82) is 0 Å². The molecule has 3 aromatic heterocycles. The molecule has 0 radical (unpaired) electrons. The van der Waals surface area contributed by atoms with Crippen LogP contribution in [-0.2, 0) is 6.42 Å². The summed E-state index contributed by atoms with van der Waals surface area (Å²) in [5.41, 5.74) is 1.65. The summed E-state index contributed by atoms with van der Waals surface area (Å²) in [4.78, 5) is 34.4. The molecule has 0 aliphatic heterocycles. The average molecular weight is 570 g/mol. The molecule has 0 aliphatic rings. The van der Waals surface area contributed by atoms with Crippen LogP contribution in [0, 0.1) is 12.7 Å². The van der Waals surface area contributed by atoms with Crippen LogP contribution < -0.4 is 19.6 Å². The third-order valence-corrected chi connectivity index (χ3v) is 6.81. The molecular weight excluding hydrogens is 545 g/mol. The number of ether oxygens (including phenoxy) is 3. The second-order valence-electron chi connectivity index (χ2n) is 8.62. The minimum absolute atomic E-state index is 0.0469. The Hall–Kier alpha value is -3.79. The summed E-state index contributed by atoms with van der Waals surface area (Å²) in [7, 11) is 2.95. The van der Waals surface area contributed by atoms with Crippen molar-refractivity contribution < 1.29 is 23.4 Å². The average Bonchev–Trinajstić information content (AvgIpc) is 2.88. The molecule has 0 aliphatic carbocycles. The molecule has 4 rings (SSSR count). The first-order valence-corrected chi connectivity index (χ1v) is 12.2. The Balaban J connectivity index is 1.61. The van der Waals surface area contributed by atoms with E-state index < -0.39 is 11.6 Å². The highest BCUT2D eigenvalue weighted by Crippen LogP contribution is 2.34. The standard InChI is InChI=1S/C27H25BrFN3O5/c1-14(2)32-13-17(26(34)24(28)15(32)3)20(33)11-16-6-7-21(18(29)10-16)37-22-8-9-30-19-12-23(35-4)27(36-5)31-25(19)22/h6-10,12-14H,11H2,1-5H3. The van der Waals surface area contributed by atoms with Gasteiger partial charge in [0.05, 0.1) is 29.8 Å². The highest BCUT2D eigenvalue weighted by Gasteiger charge is 2.19. The zero-order valence-corrected chi connectivity index (χ0v) is 22.6. The van der Waals surface area contributed by atoms with Crippen LogP contribution in [0.3, 0.4) is 0 Å². The van der Waals surface area contributed by atoms with Gasteiger partial charge in [-0.2, -0.15) is 0 Å². The molecule has 0 N–H and O–H groups in total. The van der Waals surface area contributed by atoms with Crippen molar-refractivity contribution in [3.63, 3.8) is 0 Å². The lowest BCUT2D eigenvalue weighted by Crippen LogP contribution is -2.23. The Labute approximate surface area is 221 Å². The molecule has 1 aromatic carbocycles. The molecule has 37 heavy (non-hydrogen) atoms. The Morgan fingerprint density at radius 3 is 2.51 bits per heavy atom. The quantitative estimate of drug-likeness (QED) is 0.247. The number of rotatable bonds is 8. The molecule has 0 atom stereocenters. The van der Waals surface area contributed by atoms with Gasteiger partial charge in [0, 0.05) is 42.7 Å². The number of Topliss-reactive ketones (excluding diaryl/α,β-unsaturated/α-hetero) is 1. The number of pyridine rings is 3. The topological polar surface area (TPSA) is 92.5 Å². The Morgan fingerprint density at radius 2 is 1.86 bits per heavy atom. The fourth-order valence-electron chi connectivity index (χ4n) is 3.95. The van der Waals surface area contributed by atoms with Crippen LogP contribution in [0.2, 0.25) is 0 Å². The van der Waals surface area contributed by atoms with Crippen LogP contribution in [0.5, 0.6) is 23.1 Å². The number of carbonyl (C=O) groups is 1. The normalized spacial score (nSPS) is 11.1.